The van der Waals surface area contributed by atoms with E-state index in [1.54, 1.807) is 7.11 Å². The van der Waals surface area contributed by atoms with Gasteiger partial charge in [0.1, 0.15) is 38.1 Å². The lowest BCUT2D eigenvalue weighted by Gasteiger charge is -2.28. The summed E-state index contributed by atoms with van der Waals surface area (Å²) in [6.45, 7) is 3.56. The van der Waals surface area contributed by atoms with Gasteiger partial charge in [-0.25, -0.2) is 4.98 Å². The maximum Gasteiger partial charge on any atom is 0.419 e. The summed E-state index contributed by atoms with van der Waals surface area (Å²) in [5, 5.41) is 2.92. The fourth-order valence-electron chi connectivity index (χ4n) is 3.36. The van der Waals surface area contributed by atoms with Gasteiger partial charge in [-0.1, -0.05) is 18.2 Å². The number of rotatable bonds is 6. The van der Waals surface area contributed by atoms with Crippen LogP contribution >= 0.6 is 0 Å². The number of para-hydroxylation sites is 1. The van der Waals surface area contributed by atoms with Crippen molar-refractivity contribution in [2.45, 2.75) is 12.7 Å². The zero-order chi connectivity index (χ0) is 20.9. The lowest BCUT2D eigenvalue weighted by atomic mass is 10.2. The summed E-state index contributed by atoms with van der Waals surface area (Å²) >= 11 is 0. The number of H-pyrrole nitrogens is 1. The van der Waals surface area contributed by atoms with Crippen LogP contribution in [0, 0.1) is 0 Å². The second kappa shape index (κ2) is 9.13. The highest BCUT2D eigenvalue weighted by molar-refractivity contribution is 5.76. The molecular weight excluding hydrogens is 385 g/mol. The van der Waals surface area contributed by atoms with Crippen molar-refractivity contribution in [3.63, 3.8) is 0 Å². The molecule has 1 fully saturated rings. The van der Waals surface area contributed by atoms with Crippen LogP contribution in [-0.2, 0) is 17.5 Å². The second-order valence-electron chi connectivity index (χ2n) is 6.96. The summed E-state index contributed by atoms with van der Waals surface area (Å²) in [7, 11) is 1.60. The van der Waals surface area contributed by atoms with Crippen LogP contribution in [0.5, 0.6) is 5.75 Å². The van der Waals surface area contributed by atoms with Gasteiger partial charge in [0.05, 0.1) is 12.7 Å². The average molecular weight is 410 g/mol. The smallest absolute Gasteiger partial charge is 0.419 e. The summed E-state index contributed by atoms with van der Waals surface area (Å²) in [6.07, 6.45) is -3.37. The fourth-order valence-corrected chi connectivity index (χ4v) is 3.36. The molecule has 0 atom stereocenters. The van der Waals surface area contributed by atoms with E-state index in [-0.39, 0.29) is 5.91 Å². The highest BCUT2D eigenvalue weighted by Gasteiger charge is 2.33. The quantitative estimate of drug-likeness (QED) is 0.731. The maximum absolute atomic E-state index is 12.7. The third kappa shape index (κ3) is 5.60. The number of ether oxygens (including phenoxy) is 1. The molecule has 0 aliphatic carbocycles. The highest BCUT2D eigenvalue weighted by atomic mass is 19.4. The third-order valence-corrected chi connectivity index (χ3v) is 5.01. The normalized spacial score (nSPS) is 15.2. The van der Waals surface area contributed by atoms with Crippen molar-refractivity contribution in [2.75, 3.05) is 44.7 Å². The van der Waals surface area contributed by atoms with E-state index in [1.165, 1.54) is 6.07 Å². The molecule has 1 aromatic heterocycles. The van der Waals surface area contributed by atoms with Gasteiger partial charge in [0.2, 0.25) is 0 Å². The van der Waals surface area contributed by atoms with Crippen LogP contribution in [0.4, 0.5) is 19.0 Å². The Kier molecular flexibility index (Phi) is 6.58. The van der Waals surface area contributed by atoms with Crippen molar-refractivity contribution in [2.24, 2.45) is 0 Å². The van der Waals surface area contributed by atoms with Crippen LogP contribution in [0.25, 0.3) is 0 Å². The number of carbonyl (C=O) groups is 1. The van der Waals surface area contributed by atoms with E-state index in [9.17, 15) is 18.0 Å². The number of aromatic amines is 1. The van der Waals surface area contributed by atoms with E-state index in [1.807, 2.05) is 29.2 Å². The number of amides is 1. The first-order valence-electron chi connectivity index (χ1n) is 9.43. The molecule has 0 spiro atoms. The topological polar surface area (TPSA) is 60.1 Å². The monoisotopic (exact) mass is 410 g/mol. The van der Waals surface area contributed by atoms with Crippen LogP contribution in [0.1, 0.15) is 11.1 Å². The van der Waals surface area contributed by atoms with Crippen LogP contribution in [0.2, 0.25) is 0 Å². The van der Waals surface area contributed by atoms with Crippen molar-refractivity contribution in [3.8, 4) is 5.75 Å². The molecule has 0 bridgehead atoms. The Labute approximate surface area is 167 Å². The number of nitrogens with zero attached hydrogens (tertiary/aromatic N) is 1. The number of aromatic nitrogens is 1. The largest absolute Gasteiger partial charge is 0.496 e. The zero-order valence-electron chi connectivity index (χ0n) is 16.2. The molecule has 0 saturated carbocycles. The number of piperazine rings is 1. The number of alkyl halides is 3. The Balaban J connectivity index is 1.45. The summed E-state index contributed by atoms with van der Waals surface area (Å²) < 4.78 is 43.3. The Morgan fingerprint density at radius 2 is 1.93 bits per heavy atom. The molecule has 3 rings (SSSR count). The Morgan fingerprint density at radius 1 is 1.21 bits per heavy atom. The zero-order valence-corrected chi connectivity index (χ0v) is 16.2. The molecule has 2 heterocycles. The molecule has 1 aromatic carbocycles. The van der Waals surface area contributed by atoms with Gasteiger partial charge in [0, 0.05) is 18.2 Å². The van der Waals surface area contributed by atoms with Gasteiger partial charge in [-0.15, -0.1) is 0 Å². The van der Waals surface area contributed by atoms with Crippen molar-refractivity contribution < 1.29 is 32.6 Å². The molecule has 1 amide bonds. The van der Waals surface area contributed by atoms with Gasteiger partial charge in [0.15, 0.2) is 6.54 Å². The number of quaternary nitrogens is 1. The van der Waals surface area contributed by atoms with E-state index in [0.717, 1.165) is 41.6 Å². The van der Waals surface area contributed by atoms with Crippen LogP contribution in [-0.4, -0.2) is 45.7 Å². The van der Waals surface area contributed by atoms with Crippen LogP contribution in [0.3, 0.4) is 0 Å². The SMILES string of the molecule is COc1ccccc1CNC(=O)C[NH+]1CCN(c2ccc(C(F)(F)F)c[nH+]2)CC1. The van der Waals surface area contributed by atoms with Crippen molar-refractivity contribution in [1.29, 1.82) is 0 Å². The fraction of sp³-hybridized carbons (Fsp3) is 0.400. The van der Waals surface area contributed by atoms with E-state index in [4.69, 9.17) is 4.74 Å². The molecule has 1 aliphatic rings. The average Bonchev–Trinajstić information content (AvgIpc) is 2.72. The van der Waals surface area contributed by atoms with E-state index in [2.05, 4.69) is 10.3 Å². The summed E-state index contributed by atoms with van der Waals surface area (Å²) in [5.74, 6) is 1.35. The molecular formula is C20H25F3N4O2+2. The van der Waals surface area contributed by atoms with Crippen molar-refractivity contribution >= 4 is 11.7 Å². The molecule has 9 heteroatoms. The molecule has 0 unspecified atom stereocenters. The summed E-state index contributed by atoms with van der Waals surface area (Å²) in [6, 6.07) is 10.1. The predicted octanol–water partition coefficient (Wildman–Crippen LogP) is 0.549. The number of carbonyl (C=O) groups excluding carboxylic acids is 1. The lowest BCUT2D eigenvalue weighted by molar-refractivity contribution is -0.892. The number of nitrogens with one attached hydrogen (secondary N) is 3. The minimum Gasteiger partial charge on any atom is -0.496 e. The van der Waals surface area contributed by atoms with Crippen molar-refractivity contribution in [3.05, 3.63) is 53.7 Å². The van der Waals surface area contributed by atoms with E-state index < -0.39 is 11.7 Å². The first kappa shape index (κ1) is 20.9. The molecule has 1 saturated heterocycles. The van der Waals surface area contributed by atoms with Crippen LogP contribution in [0.15, 0.2) is 42.6 Å². The number of benzene rings is 1. The highest BCUT2D eigenvalue weighted by Crippen LogP contribution is 2.28. The maximum atomic E-state index is 12.7. The molecule has 29 heavy (non-hydrogen) atoms. The van der Waals surface area contributed by atoms with E-state index in [0.29, 0.717) is 32.0 Å². The van der Waals surface area contributed by atoms with Gasteiger partial charge < -0.3 is 15.0 Å². The molecule has 6 nitrogen and oxygen atoms in total. The number of pyridine rings is 1. The van der Waals surface area contributed by atoms with Gasteiger partial charge in [-0.3, -0.25) is 9.69 Å². The van der Waals surface area contributed by atoms with Gasteiger partial charge >= 0.3 is 6.18 Å². The standard InChI is InChI=1S/C20H23F3N4O2/c1-29-17-5-3-2-4-15(17)12-25-19(28)14-26-8-10-27(11-9-26)18-7-6-16(13-24-18)20(21,22)23/h2-7,13H,8-12,14H2,1H3,(H,25,28)/p+2. The first-order valence-corrected chi connectivity index (χ1v) is 9.43. The van der Waals surface area contributed by atoms with Gasteiger partial charge in [-0.05, 0) is 12.1 Å². The molecule has 3 N–H and O–H groups in total. The van der Waals surface area contributed by atoms with Gasteiger partial charge in [-0.2, -0.15) is 13.2 Å². The Hall–Kier alpha value is -2.81. The third-order valence-electron chi connectivity index (χ3n) is 5.01. The van der Waals surface area contributed by atoms with E-state index >= 15 is 0 Å². The molecule has 2 aromatic rings. The summed E-state index contributed by atoms with van der Waals surface area (Å²) in [4.78, 5) is 18.1. The minimum absolute atomic E-state index is 0.0413. The molecule has 0 radical (unpaired) electrons. The van der Waals surface area contributed by atoms with Crippen LogP contribution < -0.4 is 24.8 Å². The van der Waals surface area contributed by atoms with Crippen molar-refractivity contribution in [1.82, 2.24) is 5.32 Å². The second-order valence-corrected chi connectivity index (χ2v) is 6.96. The number of hydrogen-bond donors (Lipinski definition) is 2. The Morgan fingerprint density at radius 3 is 2.55 bits per heavy atom. The first-order chi connectivity index (χ1) is 13.9. The minimum atomic E-state index is -4.35. The Bertz CT molecular complexity index is 819. The number of methoxy groups -OCH3 is 1. The number of anilines is 1. The lowest BCUT2D eigenvalue weighted by Crippen LogP contribution is -3.16. The number of hydrogen-bond acceptors (Lipinski definition) is 3. The molecule has 156 valence electrons. The predicted molar refractivity (Wildman–Crippen MR) is 101 cm³/mol. The molecule has 1 aliphatic heterocycles. The van der Waals surface area contributed by atoms with Gasteiger partial charge in [0.25, 0.3) is 11.7 Å². The number of halogens is 3. The summed E-state index contributed by atoms with van der Waals surface area (Å²) in [5.41, 5.74) is 0.221.